The molecule has 7 rings (SSSR count). The van der Waals surface area contributed by atoms with Gasteiger partial charge < -0.3 is 14.7 Å². The fraction of sp³-hybridized carbons (Fsp3) is 0.362. The first-order chi connectivity index (χ1) is 23.2. The van der Waals surface area contributed by atoms with Gasteiger partial charge >= 0.3 is 0 Å². The van der Waals surface area contributed by atoms with E-state index in [2.05, 4.69) is 202 Å². The molecule has 0 saturated carbocycles. The molecule has 2 heterocycles. The number of fused-ring (bicyclic) bond motifs is 4. The molecule has 258 valence electrons. The van der Waals surface area contributed by atoms with Crippen LogP contribution in [-0.2, 0) is 21.7 Å². The van der Waals surface area contributed by atoms with E-state index < -0.39 is 0 Å². The summed E-state index contributed by atoms with van der Waals surface area (Å²) in [7, 11) is 0. The van der Waals surface area contributed by atoms with Gasteiger partial charge in [0.05, 0.1) is 39.8 Å². The van der Waals surface area contributed by atoms with Crippen LogP contribution in [0.25, 0.3) is 0 Å². The van der Waals surface area contributed by atoms with Crippen LogP contribution in [0.15, 0.2) is 97.1 Å². The Morgan fingerprint density at radius 3 is 0.960 bits per heavy atom. The summed E-state index contributed by atoms with van der Waals surface area (Å²) >= 11 is 0. The third-order valence-electron chi connectivity index (χ3n) is 10.5. The Kier molecular flexibility index (Phi) is 7.65. The molecule has 0 aromatic heterocycles. The molecule has 0 saturated heterocycles. The van der Waals surface area contributed by atoms with E-state index in [0.717, 1.165) is 0 Å². The predicted octanol–water partition coefficient (Wildman–Crippen LogP) is 14.2. The van der Waals surface area contributed by atoms with Crippen LogP contribution in [0, 0.1) is 6.92 Å². The lowest BCUT2D eigenvalue weighted by atomic mass is 9.84. The normalized spacial score (nSPS) is 14.4. The third-order valence-corrected chi connectivity index (χ3v) is 10.5. The summed E-state index contributed by atoms with van der Waals surface area (Å²) in [6.45, 7) is 29.8. The van der Waals surface area contributed by atoms with Crippen molar-refractivity contribution in [3.63, 3.8) is 0 Å². The van der Waals surface area contributed by atoms with Crippen LogP contribution in [-0.4, -0.2) is 0 Å². The van der Waals surface area contributed by atoms with Crippen molar-refractivity contribution in [2.24, 2.45) is 0 Å². The van der Waals surface area contributed by atoms with Crippen molar-refractivity contribution >= 4 is 51.2 Å². The van der Waals surface area contributed by atoms with Crippen LogP contribution in [0.2, 0.25) is 0 Å². The largest absolute Gasteiger partial charge is 0.306 e. The molecule has 2 aliphatic heterocycles. The van der Waals surface area contributed by atoms with Gasteiger partial charge in [-0.3, -0.25) is 0 Å². The Hall–Kier alpha value is -4.50. The lowest BCUT2D eigenvalue weighted by Crippen LogP contribution is -2.31. The van der Waals surface area contributed by atoms with Crippen LogP contribution < -0.4 is 14.7 Å². The number of rotatable bonds is 2. The second kappa shape index (κ2) is 11.3. The number of hydrogen-bond acceptors (Lipinski definition) is 3. The van der Waals surface area contributed by atoms with Gasteiger partial charge in [0.2, 0.25) is 0 Å². The molecular weight excluding hydrogens is 607 g/mol. The second-order valence-electron chi connectivity index (χ2n) is 18.7. The summed E-state index contributed by atoms with van der Waals surface area (Å²) in [6, 6.07) is 37.5. The van der Waals surface area contributed by atoms with Crippen LogP contribution in [0.5, 0.6) is 0 Å². The zero-order valence-corrected chi connectivity index (χ0v) is 32.6. The maximum Gasteiger partial charge on any atom is 0.0948 e. The highest BCUT2D eigenvalue weighted by Crippen LogP contribution is 2.64. The SMILES string of the molecule is Cc1cc2c3c(c1)N(c1ccc(C(C)(C)C)cc1)c1ccc(C(C)(C)C)cc1N3c1cc(C(C)(C)C)ccc1N2c1ccc(C(C)(C)C)cc1. The van der Waals surface area contributed by atoms with E-state index in [9.17, 15) is 0 Å². The van der Waals surface area contributed by atoms with Crippen molar-refractivity contribution < 1.29 is 0 Å². The van der Waals surface area contributed by atoms with Gasteiger partial charge in [0.25, 0.3) is 0 Å². The van der Waals surface area contributed by atoms with Gasteiger partial charge in [0.15, 0.2) is 0 Å². The molecule has 0 bridgehead atoms. The number of hydrogen-bond donors (Lipinski definition) is 0. The van der Waals surface area contributed by atoms with Gasteiger partial charge in [-0.15, -0.1) is 0 Å². The molecule has 50 heavy (non-hydrogen) atoms. The Morgan fingerprint density at radius 1 is 0.320 bits per heavy atom. The van der Waals surface area contributed by atoms with Gasteiger partial charge in [-0.05, 0) is 117 Å². The average molecular weight is 662 g/mol. The topological polar surface area (TPSA) is 9.72 Å². The maximum atomic E-state index is 2.57. The fourth-order valence-electron chi connectivity index (χ4n) is 7.43. The molecular formula is C47H55N3. The Balaban J connectivity index is 1.57. The van der Waals surface area contributed by atoms with Crippen LogP contribution in [0.3, 0.4) is 0 Å². The monoisotopic (exact) mass is 661 g/mol. The van der Waals surface area contributed by atoms with Crippen LogP contribution in [0.4, 0.5) is 51.2 Å². The Morgan fingerprint density at radius 2 is 0.640 bits per heavy atom. The zero-order chi connectivity index (χ0) is 36.1. The first-order valence-corrected chi connectivity index (χ1v) is 18.3. The Labute approximate surface area is 301 Å². The highest BCUT2D eigenvalue weighted by atomic mass is 15.3. The number of nitrogens with zero attached hydrogens (tertiary/aromatic N) is 3. The molecule has 0 N–H and O–H groups in total. The highest BCUT2D eigenvalue weighted by molar-refractivity contribution is 6.12. The molecule has 0 aliphatic carbocycles. The van der Waals surface area contributed by atoms with Gasteiger partial charge in [0.1, 0.15) is 0 Å². The van der Waals surface area contributed by atoms with E-state index in [4.69, 9.17) is 0 Å². The molecule has 0 spiro atoms. The summed E-state index contributed by atoms with van der Waals surface area (Å²) in [5.74, 6) is 0. The fourth-order valence-corrected chi connectivity index (χ4v) is 7.43. The number of anilines is 9. The van der Waals surface area contributed by atoms with Gasteiger partial charge in [-0.2, -0.15) is 0 Å². The average Bonchev–Trinajstić information content (AvgIpc) is 3.02. The van der Waals surface area contributed by atoms with E-state index in [0.29, 0.717) is 0 Å². The highest BCUT2D eigenvalue weighted by Gasteiger charge is 2.40. The standard InChI is InChI=1S/C47H55N3/c1-30-26-41-43-42(27-30)49(36-22-16-32(17-23-36)45(5,6)7)38-25-19-34(47(11,12)13)29-40(38)50(43)39-28-33(46(8,9)10)18-24-37(39)48(41)35-20-14-31(15-21-35)44(2,3)4/h14-29H,1-13H3. The minimum atomic E-state index is -0.00267. The lowest BCUT2D eigenvalue weighted by Gasteiger charge is -2.48. The Bertz CT molecular complexity index is 1940. The third kappa shape index (κ3) is 5.69. The maximum absolute atomic E-state index is 2.57. The summed E-state index contributed by atoms with van der Waals surface area (Å²) < 4.78 is 0. The van der Waals surface area contributed by atoms with Gasteiger partial charge in [-0.25, -0.2) is 0 Å². The molecule has 5 aromatic rings. The molecule has 0 atom stereocenters. The smallest absolute Gasteiger partial charge is 0.0948 e. The summed E-state index contributed by atoms with van der Waals surface area (Å²) in [6.07, 6.45) is 0. The van der Waals surface area contributed by atoms with Crippen molar-refractivity contribution in [1.29, 1.82) is 0 Å². The number of aryl methyl sites for hydroxylation is 1. The zero-order valence-electron chi connectivity index (χ0n) is 32.6. The molecule has 0 amide bonds. The van der Waals surface area contributed by atoms with Crippen molar-refractivity contribution in [3.8, 4) is 0 Å². The van der Waals surface area contributed by atoms with E-state index in [-0.39, 0.29) is 21.7 Å². The van der Waals surface area contributed by atoms with Crippen molar-refractivity contribution in [2.45, 2.75) is 112 Å². The molecule has 2 aliphatic rings. The van der Waals surface area contributed by atoms with Crippen molar-refractivity contribution in [1.82, 2.24) is 0 Å². The first kappa shape index (κ1) is 34.0. The molecule has 5 aromatic carbocycles. The second-order valence-corrected chi connectivity index (χ2v) is 18.7. The quantitative estimate of drug-likeness (QED) is 0.183. The van der Waals surface area contributed by atoms with E-state index in [1.165, 1.54) is 79.0 Å². The number of benzene rings is 5. The van der Waals surface area contributed by atoms with Crippen LogP contribution in [0.1, 0.15) is 111 Å². The van der Waals surface area contributed by atoms with Gasteiger partial charge in [-0.1, -0.05) is 119 Å². The molecule has 3 heteroatoms. The van der Waals surface area contributed by atoms with E-state index in [1.807, 2.05) is 0 Å². The summed E-state index contributed by atoms with van der Waals surface area (Å²) in [5.41, 5.74) is 17.5. The molecule has 0 radical (unpaired) electrons. The summed E-state index contributed by atoms with van der Waals surface area (Å²) in [4.78, 5) is 7.56. The minimum Gasteiger partial charge on any atom is -0.306 e. The minimum absolute atomic E-state index is 0.00267. The summed E-state index contributed by atoms with van der Waals surface area (Å²) in [5, 5.41) is 0. The first-order valence-electron chi connectivity index (χ1n) is 18.3. The van der Waals surface area contributed by atoms with Crippen LogP contribution >= 0.6 is 0 Å². The van der Waals surface area contributed by atoms with Gasteiger partial charge in [0, 0.05) is 11.4 Å². The van der Waals surface area contributed by atoms with E-state index in [1.54, 1.807) is 0 Å². The predicted molar refractivity (Wildman–Crippen MR) is 217 cm³/mol. The van der Waals surface area contributed by atoms with E-state index >= 15 is 0 Å². The molecule has 0 fully saturated rings. The lowest BCUT2D eigenvalue weighted by molar-refractivity contribution is 0.590. The van der Waals surface area contributed by atoms with Crippen molar-refractivity contribution in [2.75, 3.05) is 14.7 Å². The molecule has 3 nitrogen and oxygen atoms in total. The van der Waals surface area contributed by atoms with Crippen molar-refractivity contribution in [3.05, 3.63) is 125 Å². The molecule has 0 unspecified atom stereocenters.